The van der Waals surface area contributed by atoms with Crippen LogP contribution in [0.4, 0.5) is 0 Å². The van der Waals surface area contributed by atoms with Gasteiger partial charge in [-0.05, 0) is 86.9 Å². The molecule has 0 atom stereocenters. The number of aromatic amines is 1. The van der Waals surface area contributed by atoms with Gasteiger partial charge in [-0.2, -0.15) is 0 Å². The first-order valence-corrected chi connectivity index (χ1v) is 14.4. The average molecular weight is 509 g/mol. The number of aromatic carboxylic acids is 1. The highest BCUT2D eigenvalue weighted by Gasteiger charge is 2.30. The molecule has 2 aromatic carbocycles. The predicted molar refractivity (Wildman–Crippen MR) is 153 cm³/mol. The molecule has 1 saturated carbocycles. The molecule has 0 radical (unpaired) electrons. The molecule has 37 heavy (non-hydrogen) atoms. The van der Waals surface area contributed by atoms with Crippen LogP contribution in [0, 0.1) is 13.8 Å². The Kier molecular flexibility index (Phi) is 5.33. The Labute approximate surface area is 221 Å². The molecule has 0 amide bonds. The van der Waals surface area contributed by atoms with Crippen molar-refractivity contribution in [3.05, 3.63) is 68.9 Å². The SMILES string of the molecule is Cc1cc(-c2cc3c4c(ccc3[nH]2)-c2c(C3CCCCC3)c3ccc(C(=O)O)cc3n2CCC4)c(C)s1. The van der Waals surface area contributed by atoms with Gasteiger partial charge in [0, 0.05) is 54.9 Å². The lowest BCUT2D eigenvalue weighted by molar-refractivity contribution is 0.0697. The summed E-state index contributed by atoms with van der Waals surface area (Å²) in [6, 6.07) is 15.0. The maximum atomic E-state index is 11.9. The third-order valence-corrected chi connectivity index (χ3v) is 9.64. The number of benzene rings is 2. The van der Waals surface area contributed by atoms with Crippen molar-refractivity contribution in [2.75, 3.05) is 0 Å². The second kappa shape index (κ2) is 8.63. The third-order valence-electron chi connectivity index (χ3n) is 8.67. The van der Waals surface area contributed by atoms with Crippen LogP contribution in [-0.2, 0) is 13.0 Å². The lowest BCUT2D eigenvalue weighted by atomic mass is 9.81. The van der Waals surface area contributed by atoms with Crippen molar-refractivity contribution in [1.29, 1.82) is 0 Å². The van der Waals surface area contributed by atoms with E-state index in [1.54, 1.807) is 6.07 Å². The Morgan fingerprint density at radius 1 is 0.973 bits per heavy atom. The number of carboxylic acids is 1. The number of hydrogen-bond donors (Lipinski definition) is 2. The van der Waals surface area contributed by atoms with Gasteiger partial charge < -0.3 is 14.7 Å². The molecule has 7 rings (SSSR count). The van der Waals surface area contributed by atoms with Crippen LogP contribution in [0.5, 0.6) is 0 Å². The summed E-state index contributed by atoms with van der Waals surface area (Å²) in [5.41, 5.74) is 10.7. The van der Waals surface area contributed by atoms with E-state index in [2.05, 4.69) is 53.7 Å². The summed E-state index contributed by atoms with van der Waals surface area (Å²) in [5, 5.41) is 12.3. The molecule has 1 aliphatic carbocycles. The zero-order valence-electron chi connectivity index (χ0n) is 21.5. The average Bonchev–Trinajstić information content (AvgIpc) is 3.53. The van der Waals surface area contributed by atoms with Crippen LogP contribution in [0.25, 0.3) is 44.3 Å². The van der Waals surface area contributed by atoms with Gasteiger partial charge in [-0.25, -0.2) is 4.79 Å². The molecule has 0 spiro atoms. The van der Waals surface area contributed by atoms with Gasteiger partial charge in [-0.3, -0.25) is 0 Å². The molecule has 4 heterocycles. The molecule has 3 aromatic heterocycles. The van der Waals surface area contributed by atoms with Crippen molar-refractivity contribution < 1.29 is 9.90 Å². The molecule has 2 aliphatic rings. The summed E-state index contributed by atoms with van der Waals surface area (Å²) in [7, 11) is 0. The normalized spacial score (nSPS) is 16.2. The Bertz CT molecular complexity index is 1690. The number of fused-ring (bicyclic) bond motifs is 7. The van der Waals surface area contributed by atoms with E-state index in [-0.39, 0.29) is 0 Å². The topological polar surface area (TPSA) is 58.0 Å². The van der Waals surface area contributed by atoms with Crippen LogP contribution < -0.4 is 0 Å². The maximum Gasteiger partial charge on any atom is 0.335 e. The fourth-order valence-electron chi connectivity index (χ4n) is 7.05. The number of carboxylic acid groups (broad SMARTS) is 1. The highest BCUT2D eigenvalue weighted by atomic mass is 32.1. The number of hydrogen-bond acceptors (Lipinski definition) is 2. The molecule has 0 bridgehead atoms. The van der Waals surface area contributed by atoms with Gasteiger partial charge in [0.2, 0.25) is 0 Å². The number of aryl methyl sites for hydroxylation is 4. The lowest BCUT2D eigenvalue weighted by Crippen LogP contribution is -2.07. The highest BCUT2D eigenvalue weighted by Crippen LogP contribution is 2.47. The van der Waals surface area contributed by atoms with Gasteiger partial charge in [0.25, 0.3) is 0 Å². The number of rotatable bonds is 3. The van der Waals surface area contributed by atoms with E-state index in [1.807, 2.05) is 17.4 Å². The Balaban J connectivity index is 1.49. The quantitative estimate of drug-likeness (QED) is 0.256. The van der Waals surface area contributed by atoms with Crippen LogP contribution in [0.1, 0.15) is 75.7 Å². The van der Waals surface area contributed by atoms with Crippen molar-refractivity contribution >= 4 is 39.1 Å². The van der Waals surface area contributed by atoms with Crippen molar-refractivity contribution in [2.24, 2.45) is 0 Å². The molecule has 0 saturated heterocycles. The molecular weight excluding hydrogens is 476 g/mol. The number of thiophene rings is 1. The molecule has 1 fully saturated rings. The smallest absolute Gasteiger partial charge is 0.335 e. The Morgan fingerprint density at radius 3 is 2.57 bits per heavy atom. The summed E-state index contributed by atoms with van der Waals surface area (Å²) in [5.74, 6) is -0.325. The van der Waals surface area contributed by atoms with Gasteiger partial charge in [0.1, 0.15) is 0 Å². The van der Waals surface area contributed by atoms with E-state index in [0.717, 1.165) is 24.9 Å². The summed E-state index contributed by atoms with van der Waals surface area (Å²) in [4.78, 5) is 18.3. The van der Waals surface area contributed by atoms with Gasteiger partial charge in [-0.1, -0.05) is 31.4 Å². The summed E-state index contributed by atoms with van der Waals surface area (Å²) in [6.07, 6.45) is 8.37. The highest BCUT2D eigenvalue weighted by molar-refractivity contribution is 7.12. The second-order valence-corrected chi connectivity index (χ2v) is 12.4. The molecule has 0 unspecified atom stereocenters. The minimum Gasteiger partial charge on any atom is -0.478 e. The molecule has 1 aliphatic heterocycles. The minimum atomic E-state index is -0.855. The standard InChI is InChI=1S/C32H32N2O2S/c1-18-15-25(19(2)37-18)28-17-26-22-9-6-14-34-29-16-21(32(35)36)10-11-24(29)30(20-7-4-3-5-8-20)31(34)23(22)12-13-27(26)33-28/h10-13,15-17,20,33H,3-9,14H2,1-2H3,(H,35,36). The largest absolute Gasteiger partial charge is 0.478 e. The van der Waals surface area contributed by atoms with Gasteiger partial charge in [0.15, 0.2) is 0 Å². The Hall–Kier alpha value is -3.31. The number of nitrogens with zero attached hydrogens (tertiary/aromatic N) is 1. The van der Waals surface area contributed by atoms with Crippen molar-refractivity contribution in [2.45, 2.75) is 71.3 Å². The first kappa shape index (κ1) is 22.9. The summed E-state index contributed by atoms with van der Waals surface area (Å²) in [6.45, 7) is 5.30. The first-order chi connectivity index (χ1) is 18.0. The van der Waals surface area contributed by atoms with Gasteiger partial charge in [0.05, 0.1) is 11.3 Å². The maximum absolute atomic E-state index is 11.9. The van der Waals surface area contributed by atoms with Gasteiger partial charge >= 0.3 is 5.97 Å². The number of carbonyl (C=O) groups is 1. The van der Waals surface area contributed by atoms with Crippen molar-refractivity contribution in [3.8, 4) is 22.5 Å². The van der Waals surface area contributed by atoms with Crippen LogP contribution >= 0.6 is 11.3 Å². The third kappa shape index (κ3) is 3.58. The first-order valence-electron chi connectivity index (χ1n) is 13.6. The molecule has 5 aromatic rings. The molecular formula is C32H32N2O2S. The van der Waals surface area contributed by atoms with Crippen molar-refractivity contribution in [1.82, 2.24) is 9.55 Å². The monoisotopic (exact) mass is 508 g/mol. The zero-order chi connectivity index (χ0) is 25.3. The fraction of sp³-hybridized carbons (Fsp3) is 0.344. The predicted octanol–water partition coefficient (Wildman–Crippen LogP) is 8.83. The number of aromatic nitrogens is 2. The van der Waals surface area contributed by atoms with E-state index < -0.39 is 5.97 Å². The fourth-order valence-corrected chi connectivity index (χ4v) is 7.99. The van der Waals surface area contributed by atoms with Crippen LogP contribution in [-0.4, -0.2) is 20.6 Å². The molecule has 4 nitrogen and oxygen atoms in total. The minimum absolute atomic E-state index is 0.375. The summed E-state index contributed by atoms with van der Waals surface area (Å²) < 4.78 is 2.45. The summed E-state index contributed by atoms with van der Waals surface area (Å²) >= 11 is 1.85. The van der Waals surface area contributed by atoms with Gasteiger partial charge in [-0.15, -0.1) is 11.3 Å². The van der Waals surface area contributed by atoms with E-state index in [4.69, 9.17) is 0 Å². The van der Waals surface area contributed by atoms with E-state index in [1.165, 1.54) is 91.8 Å². The van der Waals surface area contributed by atoms with Crippen LogP contribution in [0.2, 0.25) is 0 Å². The van der Waals surface area contributed by atoms with Crippen LogP contribution in [0.3, 0.4) is 0 Å². The number of H-pyrrole nitrogens is 1. The van der Waals surface area contributed by atoms with Crippen LogP contribution in [0.15, 0.2) is 42.5 Å². The molecule has 5 heteroatoms. The van der Waals surface area contributed by atoms with E-state index in [9.17, 15) is 9.90 Å². The Morgan fingerprint density at radius 2 is 1.81 bits per heavy atom. The van der Waals surface area contributed by atoms with E-state index >= 15 is 0 Å². The lowest BCUT2D eigenvalue weighted by Gasteiger charge is -2.24. The molecule has 2 N–H and O–H groups in total. The van der Waals surface area contributed by atoms with E-state index in [0.29, 0.717) is 11.5 Å². The zero-order valence-corrected chi connectivity index (χ0v) is 22.3. The molecule has 188 valence electrons. The van der Waals surface area contributed by atoms with Crippen molar-refractivity contribution in [3.63, 3.8) is 0 Å². The second-order valence-electron chi connectivity index (χ2n) is 11.0. The number of nitrogens with one attached hydrogen (secondary N) is 1.